The maximum Gasteiger partial charge on any atom is 0.250 e. The minimum Gasteiger partial charge on any atom is -0.497 e. The van der Waals surface area contributed by atoms with Gasteiger partial charge in [0.05, 0.1) is 7.11 Å². The molecule has 4 aromatic rings. The fourth-order valence-electron chi connectivity index (χ4n) is 3.88. The van der Waals surface area contributed by atoms with E-state index >= 15 is 0 Å². The number of carbonyl (C=O) groups is 1. The van der Waals surface area contributed by atoms with Gasteiger partial charge < -0.3 is 9.72 Å². The van der Waals surface area contributed by atoms with Crippen molar-refractivity contribution in [3.05, 3.63) is 88.9 Å². The van der Waals surface area contributed by atoms with Crippen molar-refractivity contribution in [1.29, 1.82) is 0 Å². The van der Waals surface area contributed by atoms with Gasteiger partial charge in [0.15, 0.2) is 0 Å². The van der Waals surface area contributed by atoms with Crippen LogP contribution in [-0.4, -0.2) is 40.5 Å². The highest BCUT2D eigenvalue weighted by Gasteiger charge is 2.09. The molecule has 1 amide bonds. The number of benzene rings is 2. The first-order chi connectivity index (χ1) is 17.4. The normalized spacial score (nSPS) is 11.7. The third-order valence-corrected chi connectivity index (χ3v) is 5.68. The van der Waals surface area contributed by atoms with E-state index in [2.05, 4.69) is 30.6 Å². The smallest absolute Gasteiger partial charge is 0.250 e. The van der Waals surface area contributed by atoms with Crippen LogP contribution in [0.25, 0.3) is 17.0 Å². The molecule has 36 heavy (non-hydrogen) atoms. The van der Waals surface area contributed by atoms with Gasteiger partial charge in [-0.2, -0.15) is 0 Å². The molecule has 2 heterocycles. The Kier molecular flexibility index (Phi) is 7.75. The maximum absolute atomic E-state index is 12.7. The largest absolute Gasteiger partial charge is 0.497 e. The number of guanidine groups is 1. The van der Waals surface area contributed by atoms with Gasteiger partial charge in [-0.05, 0) is 68.2 Å². The molecular formula is C28H30N6O2. The predicted octanol–water partition coefficient (Wildman–Crippen LogP) is 4.73. The number of fused-ring (bicyclic) bond motifs is 1. The van der Waals surface area contributed by atoms with Gasteiger partial charge in [-0.3, -0.25) is 20.4 Å². The molecule has 0 aliphatic carbocycles. The molecule has 2 aromatic carbocycles. The zero-order chi connectivity index (χ0) is 25.5. The van der Waals surface area contributed by atoms with E-state index in [9.17, 15) is 4.79 Å². The zero-order valence-electron chi connectivity index (χ0n) is 20.9. The van der Waals surface area contributed by atoms with E-state index < -0.39 is 0 Å². The molecule has 4 rings (SSSR count). The van der Waals surface area contributed by atoms with Gasteiger partial charge in [-0.15, -0.1) is 0 Å². The highest BCUT2D eigenvalue weighted by Crippen LogP contribution is 2.23. The van der Waals surface area contributed by atoms with Gasteiger partial charge in [0.25, 0.3) is 5.91 Å². The van der Waals surface area contributed by atoms with E-state index in [1.165, 1.54) is 6.08 Å². The Balaban J connectivity index is 1.51. The summed E-state index contributed by atoms with van der Waals surface area (Å²) in [5, 5.41) is 7.02. The lowest BCUT2D eigenvalue weighted by atomic mass is 10.1. The van der Waals surface area contributed by atoms with Crippen molar-refractivity contribution in [2.45, 2.75) is 27.2 Å². The number of hydrogen-bond donors (Lipinski definition) is 3. The molecule has 8 heteroatoms. The molecule has 0 fully saturated rings. The summed E-state index contributed by atoms with van der Waals surface area (Å²) in [5.41, 5.74) is 5.85. The van der Waals surface area contributed by atoms with Crippen LogP contribution in [0.15, 0.2) is 65.8 Å². The Morgan fingerprint density at radius 1 is 1.08 bits per heavy atom. The number of ether oxygens (including phenoxy) is 1. The summed E-state index contributed by atoms with van der Waals surface area (Å²) >= 11 is 0. The molecule has 0 radical (unpaired) electrons. The SMILES string of the molecule is COc1ccc2c(CCN=C(NC(=O)/C=C/c3ccccc3C)Nc3nc(C)cc(C)n3)c[nH]c2c1. The summed E-state index contributed by atoms with van der Waals surface area (Å²) in [5.74, 6) is 1.18. The second kappa shape index (κ2) is 11.3. The van der Waals surface area contributed by atoms with Crippen molar-refractivity contribution in [1.82, 2.24) is 20.3 Å². The van der Waals surface area contributed by atoms with Crippen molar-refractivity contribution < 1.29 is 9.53 Å². The van der Waals surface area contributed by atoms with Crippen molar-refractivity contribution >= 4 is 34.8 Å². The van der Waals surface area contributed by atoms with E-state index in [1.807, 2.05) is 75.5 Å². The lowest BCUT2D eigenvalue weighted by molar-refractivity contribution is -0.115. The van der Waals surface area contributed by atoms with Crippen molar-refractivity contribution in [3.8, 4) is 5.75 Å². The van der Waals surface area contributed by atoms with Crippen LogP contribution in [0.2, 0.25) is 0 Å². The van der Waals surface area contributed by atoms with Crippen LogP contribution < -0.4 is 15.4 Å². The molecule has 0 saturated heterocycles. The first-order valence-corrected chi connectivity index (χ1v) is 11.7. The molecule has 0 atom stereocenters. The lowest BCUT2D eigenvalue weighted by Gasteiger charge is -2.10. The zero-order valence-corrected chi connectivity index (χ0v) is 20.9. The van der Waals surface area contributed by atoms with Gasteiger partial charge in [0, 0.05) is 47.2 Å². The Hall–Kier alpha value is -4.46. The molecule has 0 saturated carbocycles. The average molecular weight is 483 g/mol. The number of rotatable bonds is 7. The number of aliphatic imine (C=N–C) groups is 1. The van der Waals surface area contributed by atoms with Crippen molar-refractivity contribution in [2.24, 2.45) is 4.99 Å². The highest BCUT2D eigenvalue weighted by atomic mass is 16.5. The minimum absolute atomic E-state index is 0.293. The molecule has 0 aliphatic rings. The Morgan fingerprint density at radius 3 is 2.61 bits per heavy atom. The number of amides is 1. The van der Waals surface area contributed by atoms with Gasteiger partial charge in [-0.1, -0.05) is 24.3 Å². The molecule has 0 spiro atoms. The monoisotopic (exact) mass is 482 g/mol. The van der Waals surface area contributed by atoms with E-state index in [0.717, 1.165) is 44.7 Å². The van der Waals surface area contributed by atoms with Gasteiger partial charge in [0.1, 0.15) is 5.75 Å². The third-order valence-electron chi connectivity index (χ3n) is 5.68. The summed E-state index contributed by atoms with van der Waals surface area (Å²) in [6.45, 7) is 6.25. The first-order valence-electron chi connectivity index (χ1n) is 11.7. The molecule has 0 unspecified atom stereocenters. The molecule has 8 nitrogen and oxygen atoms in total. The quantitative estimate of drug-likeness (QED) is 0.201. The highest BCUT2D eigenvalue weighted by molar-refractivity contribution is 6.08. The molecule has 2 aromatic heterocycles. The Bertz CT molecular complexity index is 1420. The standard InChI is InChI=1S/C28H30N6O2/c1-18-7-5-6-8-21(18)9-12-26(35)33-27(34-28-31-19(2)15-20(3)32-28)29-14-13-22-17-30-25-16-23(36-4)10-11-24(22)25/h5-12,15-17,30H,13-14H2,1-4H3,(H2,29,31,32,33,34,35)/b12-9+. The second-order valence-electron chi connectivity index (χ2n) is 8.48. The summed E-state index contributed by atoms with van der Waals surface area (Å²) in [4.78, 5) is 29.4. The molecule has 0 aliphatic heterocycles. The number of anilines is 1. The van der Waals surface area contributed by atoms with Gasteiger partial charge in [0.2, 0.25) is 11.9 Å². The predicted molar refractivity (Wildman–Crippen MR) is 144 cm³/mol. The number of methoxy groups -OCH3 is 1. The van der Waals surface area contributed by atoms with Crippen LogP contribution in [0.4, 0.5) is 5.95 Å². The number of aromatic nitrogens is 3. The van der Waals surface area contributed by atoms with Crippen LogP contribution in [0, 0.1) is 20.8 Å². The minimum atomic E-state index is -0.298. The average Bonchev–Trinajstić information content (AvgIpc) is 3.25. The van der Waals surface area contributed by atoms with Crippen LogP contribution in [0.1, 0.15) is 28.1 Å². The fourth-order valence-corrected chi connectivity index (χ4v) is 3.88. The molecule has 3 N–H and O–H groups in total. The summed E-state index contributed by atoms with van der Waals surface area (Å²) < 4.78 is 5.30. The number of nitrogens with one attached hydrogen (secondary N) is 3. The van der Waals surface area contributed by atoms with E-state index in [4.69, 9.17) is 4.74 Å². The molecular weight excluding hydrogens is 452 g/mol. The topological polar surface area (TPSA) is 104 Å². The number of aryl methyl sites for hydroxylation is 3. The molecule has 184 valence electrons. The van der Waals surface area contributed by atoms with Crippen LogP contribution in [0.5, 0.6) is 5.75 Å². The first kappa shape index (κ1) is 24.7. The number of carbonyl (C=O) groups excluding carboxylic acids is 1. The van der Waals surface area contributed by atoms with E-state index in [1.54, 1.807) is 13.2 Å². The Labute approximate surface area is 210 Å². The Morgan fingerprint density at radius 2 is 1.86 bits per heavy atom. The number of hydrogen-bond acceptors (Lipinski definition) is 5. The fraction of sp³-hybridized carbons (Fsp3) is 0.214. The molecule has 0 bridgehead atoms. The summed E-state index contributed by atoms with van der Waals surface area (Å²) in [6.07, 6.45) is 5.94. The summed E-state index contributed by atoms with van der Waals surface area (Å²) in [6, 6.07) is 15.7. The third kappa shape index (κ3) is 6.35. The number of H-pyrrole nitrogens is 1. The van der Waals surface area contributed by atoms with Crippen molar-refractivity contribution in [3.63, 3.8) is 0 Å². The lowest BCUT2D eigenvalue weighted by Crippen LogP contribution is -2.35. The van der Waals surface area contributed by atoms with E-state index in [0.29, 0.717) is 24.9 Å². The van der Waals surface area contributed by atoms with Crippen LogP contribution in [0.3, 0.4) is 0 Å². The van der Waals surface area contributed by atoms with Crippen LogP contribution in [-0.2, 0) is 11.2 Å². The van der Waals surface area contributed by atoms with Gasteiger partial charge >= 0.3 is 0 Å². The van der Waals surface area contributed by atoms with E-state index in [-0.39, 0.29) is 5.91 Å². The number of aromatic amines is 1. The number of nitrogens with zero attached hydrogens (tertiary/aromatic N) is 3. The summed E-state index contributed by atoms with van der Waals surface area (Å²) in [7, 11) is 1.65. The van der Waals surface area contributed by atoms with Gasteiger partial charge in [-0.25, -0.2) is 9.97 Å². The van der Waals surface area contributed by atoms with Crippen molar-refractivity contribution in [2.75, 3.05) is 19.0 Å². The maximum atomic E-state index is 12.7. The van der Waals surface area contributed by atoms with Crippen LogP contribution >= 0.6 is 0 Å². The second-order valence-corrected chi connectivity index (χ2v) is 8.48.